The Morgan fingerprint density at radius 2 is 2.00 bits per heavy atom. The van der Waals surface area contributed by atoms with Crippen molar-refractivity contribution in [1.82, 2.24) is 15.0 Å². The predicted octanol–water partition coefficient (Wildman–Crippen LogP) is 4.26. The van der Waals surface area contributed by atoms with E-state index in [1.807, 2.05) is 10.8 Å². The van der Waals surface area contributed by atoms with Crippen LogP contribution < -0.4 is 4.74 Å². The number of aromatic amines is 1. The third kappa shape index (κ3) is 3.59. The summed E-state index contributed by atoms with van der Waals surface area (Å²) in [6.45, 7) is 0. The molecular weight excluding hydrogens is 361 g/mol. The summed E-state index contributed by atoms with van der Waals surface area (Å²) in [6, 6.07) is 9.15. The van der Waals surface area contributed by atoms with Crippen LogP contribution in [0.2, 0.25) is 0 Å². The summed E-state index contributed by atoms with van der Waals surface area (Å²) < 4.78 is 31.1. The number of ether oxygens (including phenoxy) is 1. The first-order valence-corrected chi connectivity index (χ1v) is 9.62. The molecule has 0 amide bonds. The summed E-state index contributed by atoms with van der Waals surface area (Å²) in [5.41, 5.74) is 2.32. The molecule has 3 aromatic heterocycles. The van der Waals surface area contributed by atoms with Crippen LogP contribution in [0.1, 0.15) is 5.69 Å². The number of nitrogens with one attached hydrogen (secondary N) is 1. The molecule has 0 saturated carbocycles. The number of pyridine rings is 1. The van der Waals surface area contributed by atoms with Gasteiger partial charge in [0.25, 0.3) is 0 Å². The van der Waals surface area contributed by atoms with Crippen LogP contribution in [-0.2, 0) is 16.6 Å². The molecule has 25 heavy (non-hydrogen) atoms. The summed E-state index contributed by atoms with van der Waals surface area (Å²) in [7, 11) is -1.33. The van der Waals surface area contributed by atoms with Crippen LogP contribution in [0.25, 0.3) is 11.0 Å². The van der Waals surface area contributed by atoms with Gasteiger partial charge >= 0.3 is 0 Å². The Bertz CT molecular complexity index is 1010. The number of halogens is 1. The van der Waals surface area contributed by atoms with E-state index in [2.05, 4.69) is 15.0 Å². The zero-order chi connectivity index (χ0) is 17.2. The minimum absolute atomic E-state index is 0.222. The van der Waals surface area contributed by atoms with Crippen LogP contribution in [-0.4, -0.2) is 19.2 Å². The van der Waals surface area contributed by atoms with Crippen LogP contribution in [0.5, 0.6) is 11.5 Å². The second kappa shape index (κ2) is 6.73. The van der Waals surface area contributed by atoms with Crippen molar-refractivity contribution < 1.29 is 13.3 Å². The Balaban J connectivity index is 1.49. The lowest BCUT2D eigenvalue weighted by atomic mass is 10.3. The van der Waals surface area contributed by atoms with Crippen LogP contribution >= 0.6 is 11.3 Å². The lowest BCUT2D eigenvalue weighted by molar-refractivity contribution is 0.479. The second-order valence-electron chi connectivity index (χ2n) is 5.24. The van der Waals surface area contributed by atoms with Crippen molar-refractivity contribution in [2.24, 2.45) is 0 Å². The fraction of sp³-hybridized carbons (Fsp3) is 0.0588. The number of nitrogens with zero attached hydrogens (tertiary/aromatic N) is 2. The lowest BCUT2D eigenvalue weighted by Crippen LogP contribution is -2.01. The summed E-state index contributed by atoms with van der Waals surface area (Å²) in [5, 5.41) is 4.27. The van der Waals surface area contributed by atoms with Crippen molar-refractivity contribution in [3.8, 4) is 11.5 Å². The topological polar surface area (TPSA) is 67.9 Å². The minimum atomic E-state index is -1.33. The molecule has 0 fully saturated rings. The zero-order valence-electron chi connectivity index (χ0n) is 12.8. The van der Waals surface area contributed by atoms with E-state index in [0.29, 0.717) is 22.3 Å². The van der Waals surface area contributed by atoms with Gasteiger partial charge in [0, 0.05) is 23.0 Å². The first kappa shape index (κ1) is 15.9. The summed E-state index contributed by atoms with van der Waals surface area (Å²) in [6.07, 6.45) is 1.59. The SMILES string of the molecule is O=S(Cc1cc(Oc2ccc(F)cc2)ccn1)c1nc2cscc2[nH]1. The first-order chi connectivity index (χ1) is 12.2. The third-order valence-electron chi connectivity index (χ3n) is 3.44. The number of imidazole rings is 1. The van der Waals surface area contributed by atoms with Crippen molar-refractivity contribution in [1.29, 1.82) is 0 Å². The van der Waals surface area contributed by atoms with Gasteiger partial charge in [-0.05, 0) is 30.3 Å². The smallest absolute Gasteiger partial charge is 0.197 e. The van der Waals surface area contributed by atoms with Gasteiger partial charge in [0.15, 0.2) is 5.16 Å². The molecule has 0 radical (unpaired) electrons. The summed E-state index contributed by atoms with van der Waals surface area (Å²) >= 11 is 1.54. The molecule has 5 nitrogen and oxygen atoms in total. The highest BCUT2D eigenvalue weighted by Gasteiger charge is 2.12. The average Bonchev–Trinajstić information content (AvgIpc) is 3.19. The molecule has 0 spiro atoms. The molecule has 0 aliphatic heterocycles. The molecule has 0 saturated heterocycles. The maximum Gasteiger partial charge on any atom is 0.197 e. The summed E-state index contributed by atoms with van der Waals surface area (Å²) in [5.74, 6) is 0.968. The highest BCUT2D eigenvalue weighted by molar-refractivity contribution is 7.84. The molecule has 1 aromatic carbocycles. The average molecular weight is 373 g/mol. The number of thiophene rings is 1. The highest BCUT2D eigenvalue weighted by atomic mass is 32.2. The van der Waals surface area contributed by atoms with Gasteiger partial charge < -0.3 is 9.72 Å². The van der Waals surface area contributed by atoms with Gasteiger partial charge in [0.1, 0.15) is 22.8 Å². The number of benzene rings is 1. The molecular formula is C17H12FN3O2S2. The van der Waals surface area contributed by atoms with Crippen LogP contribution in [0.4, 0.5) is 4.39 Å². The van der Waals surface area contributed by atoms with E-state index in [9.17, 15) is 8.60 Å². The molecule has 4 rings (SSSR count). The summed E-state index contributed by atoms with van der Waals surface area (Å²) in [4.78, 5) is 11.6. The quantitative estimate of drug-likeness (QED) is 0.568. The molecule has 1 N–H and O–H groups in total. The van der Waals surface area contributed by atoms with Gasteiger partial charge in [-0.25, -0.2) is 9.37 Å². The molecule has 1 unspecified atom stereocenters. The van der Waals surface area contributed by atoms with Crippen LogP contribution in [0.15, 0.2) is 58.5 Å². The number of hydrogen-bond donors (Lipinski definition) is 1. The van der Waals surface area contributed by atoms with Gasteiger partial charge in [0.05, 0.1) is 27.8 Å². The van der Waals surface area contributed by atoms with E-state index in [-0.39, 0.29) is 11.6 Å². The molecule has 8 heteroatoms. The Kier molecular flexibility index (Phi) is 4.29. The van der Waals surface area contributed by atoms with Crippen LogP contribution in [0, 0.1) is 5.82 Å². The fourth-order valence-electron chi connectivity index (χ4n) is 2.27. The number of aromatic nitrogens is 3. The van der Waals surface area contributed by atoms with Gasteiger partial charge in [-0.1, -0.05) is 0 Å². The van der Waals surface area contributed by atoms with E-state index in [4.69, 9.17) is 4.74 Å². The number of H-pyrrole nitrogens is 1. The maximum atomic E-state index is 12.9. The van der Waals surface area contributed by atoms with E-state index in [1.165, 1.54) is 12.1 Å². The van der Waals surface area contributed by atoms with Crippen LogP contribution in [0.3, 0.4) is 0 Å². The van der Waals surface area contributed by atoms with Crippen molar-refractivity contribution in [2.75, 3.05) is 0 Å². The minimum Gasteiger partial charge on any atom is -0.457 e. The van der Waals surface area contributed by atoms with Gasteiger partial charge in [-0.2, -0.15) is 0 Å². The van der Waals surface area contributed by atoms with Crippen molar-refractivity contribution in [3.05, 3.63) is 64.9 Å². The highest BCUT2D eigenvalue weighted by Crippen LogP contribution is 2.23. The standard InChI is InChI=1S/C17H12FN3O2S2/c18-11-1-3-13(4-2-11)23-14-5-6-19-12(7-14)10-25(22)17-20-15-8-24-9-16(15)21-17/h1-9H,10H2,(H,20,21). The van der Waals surface area contributed by atoms with E-state index < -0.39 is 10.8 Å². The van der Waals surface area contributed by atoms with Gasteiger partial charge in [0.2, 0.25) is 0 Å². The second-order valence-corrected chi connectivity index (χ2v) is 7.35. The predicted molar refractivity (Wildman–Crippen MR) is 94.8 cm³/mol. The first-order valence-electron chi connectivity index (χ1n) is 7.36. The molecule has 4 aromatic rings. The van der Waals surface area contributed by atoms with Gasteiger partial charge in [-0.3, -0.25) is 9.19 Å². The molecule has 3 heterocycles. The molecule has 0 bridgehead atoms. The Morgan fingerprint density at radius 1 is 1.16 bits per heavy atom. The molecule has 126 valence electrons. The number of fused-ring (bicyclic) bond motifs is 1. The normalized spacial score (nSPS) is 12.4. The molecule has 1 atom stereocenters. The van der Waals surface area contributed by atoms with Crippen molar-refractivity contribution >= 4 is 33.2 Å². The Hall–Kier alpha value is -2.58. The van der Waals surface area contributed by atoms with E-state index in [0.717, 1.165) is 11.0 Å². The maximum absolute atomic E-state index is 12.9. The number of hydrogen-bond acceptors (Lipinski definition) is 5. The Labute approximate surface area is 149 Å². The van der Waals surface area contributed by atoms with E-state index in [1.54, 1.807) is 41.8 Å². The fourth-order valence-corrected chi connectivity index (χ4v) is 3.95. The lowest BCUT2D eigenvalue weighted by Gasteiger charge is -2.07. The Morgan fingerprint density at radius 3 is 2.80 bits per heavy atom. The zero-order valence-corrected chi connectivity index (χ0v) is 14.4. The monoisotopic (exact) mass is 373 g/mol. The van der Waals surface area contributed by atoms with Gasteiger partial charge in [-0.15, -0.1) is 11.3 Å². The molecule has 0 aliphatic carbocycles. The van der Waals surface area contributed by atoms with Crippen molar-refractivity contribution in [3.63, 3.8) is 0 Å². The third-order valence-corrected chi connectivity index (χ3v) is 5.35. The largest absolute Gasteiger partial charge is 0.457 e. The number of rotatable bonds is 5. The van der Waals surface area contributed by atoms with Crippen molar-refractivity contribution in [2.45, 2.75) is 10.9 Å². The van der Waals surface area contributed by atoms with E-state index >= 15 is 0 Å². The molecule has 0 aliphatic rings.